The van der Waals surface area contributed by atoms with Gasteiger partial charge in [-0.2, -0.15) is 0 Å². The zero-order valence-electron chi connectivity index (χ0n) is 15.3. The maximum Gasteiger partial charge on any atom is 0.270 e. The highest BCUT2D eigenvalue weighted by Crippen LogP contribution is 2.37. The maximum atomic E-state index is 13.0. The summed E-state index contributed by atoms with van der Waals surface area (Å²) in [5.41, 5.74) is 4.01. The number of carbonyl (C=O) groups is 1. The Morgan fingerprint density at radius 3 is 2.54 bits per heavy atom. The number of thioether (sulfide) groups is 1. The lowest BCUT2D eigenvalue weighted by Crippen LogP contribution is -2.27. The number of amides is 1. The first-order valence-electron chi connectivity index (χ1n) is 8.47. The summed E-state index contributed by atoms with van der Waals surface area (Å²) in [6.07, 6.45) is 1.92. The maximum absolute atomic E-state index is 13.0. The molecule has 1 saturated heterocycles. The Kier molecular flexibility index (Phi) is 5.49. The number of ether oxygens (including phenoxy) is 1. The molecule has 0 radical (unpaired) electrons. The molecule has 2 aromatic carbocycles. The number of benzene rings is 2. The molecular weight excluding hydrogens is 362 g/mol. The molecule has 1 aliphatic rings. The zero-order valence-corrected chi connectivity index (χ0v) is 16.9. The van der Waals surface area contributed by atoms with Gasteiger partial charge in [-0.05, 0) is 63.1 Å². The second-order valence-corrected chi connectivity index (χ2v) is 8.17. The fourth-order valence-corrected chi connectivity index (χ4v) is 3.95. The SMILES string of the molecule is Cc1ccc(N2C(=O)C(=Cc3ccccc3OC(C)C)SC2=S)cc1C. The summed E-state index contributed by atoms with van der Waals surface area (Å²) in [7, 11) is 0. The van der Waals surface area contributed by atoms with Crippen LogP contribution in [0.1, 0.15) is 30.5 Å². The molecule has 26 heavy (non-hydrogen) atoms. The third kappa shape index (κ3) is 3.84. The Labute approximate surface area is 164 Å². The Bertz CT molecular complexity index is 903. The van der Waals surface area contributed by atoms with E-state index in [1.807, 2.05) is 69.3 Å². The van der Waals surface area contributed by atoms with Crippen LogP contribution in [0.5, 0.6) is 5.75 Å². The van der Waals surface area contributed by atoms with Crippen molar-refractivity contribution < 1.29 is 9.53 Å². The van der Waals surface area contributed by atoms with Crippen molar-refractivity contribution in [3.8, 4) is 5.75 Å². The van der Waals surface area contributed by atoms with E-state index in [2.05, 4.69) is 6.92 Å². The molecule has 2 aromatic rings. The van der Waals surface area contributed by atoms with Crippen LogP contribution in [0.4, 0.5) is 5.69 Å². The van der Waals surface area contributed by atoms with Gasteiger partial charge in [-0.1, -0.05) is 48.2 Å². The Hall–Kier alpha value is -2.11. The van der Waals surface area contributed by atoms with E-state index in [1.165, 1.54) is 17.3 Å². The summed E-state index contributed by atoms with van der Waals surface area (Å²) >= 11 is 6.79. The van der Waals surface area contributed by atoms with Crippen LogP contribution in [0.15, 0.2) is 47.4 Å². The van der Waals surface area contributed by atoms with E-state index < -0.39 is 0 Å². The average molecular weight is 384 g/mol. The molecule has 0 saturated carbocycles. The first kappa shape index (κ1) is 18.7. The number of hydrogen-bond donors (Lipinski definition) is 0. The highest BCUT2D eigenvalue weighted by Gasteiger charge is 2.33. The molecule has 0 bridgehead atoms. The number of carbonyl (C=O) groups excluding carboxylic acids is 1. The van der Waals surface area contributed by atoms with Crippen LogP contribution in [0.3, 0.4) is 0 Å². The highest BCUT2D eigenvalue weighted by molar-refractivity contribution is 8.27. The summed E-state index contributed by atoms with van der Waals surface area (Å²) in [5, 5.41) is 0. The van der Waals surface area contributed by atoms with Gasteiger partial charge in [0, 0.05) is 5.56 Å². The standard InChI is InChI=1S/C21H21NO2S2/c1-13(2)24-18-8-6-5-7-16(18)12-19-20(23)22(21(25)26-19)17-10-9-14(3)15(4)11-17/h5-13H,1-4H3. The summed E-state index contributed by atoms with van der Waals surface area (Å²) in [6.45, 7) is 8.05. The van der Waals surface area contributed by atoms with Crippen molar-refractivity contribution in [2.75, 3.05) is 4.90 Å². The molecule has 1 amide bonds. The van der Waals surface area contributed by atoms with Crippen molar-refractivity contribution in [3.05, 3.63) is 64.1 Å². The van der Waals surface area contributed by atoms with Crippen LogP contribution in [-0.2, 0) is 4.79 Å². The van der Waals surface area contributed by atoms with Crippen molar-refractivity contribution in [3.63, 3.8) is 0 Å². The molecule has 0 aliphatic carbocycles. The van der Waals surface area contributed by atoms with Crippen molar-refractivity contribution >= 4 is 46.0 Å². The molecule has 0 N–H and O–H groups in total. The van der Waals surface area contributed by atoms with Gasteiger partial charge in [0.25, 0.3) is 5.91 Å². The summed E-state index contributed by atoms with van der Waals surface area (Å²) in [5.74, 6) is 0.668. The van der Waals surface area contributed by atoms with E-state index >= 15 is 0 Å². The third-order valence-electron chi connectivity index (χ3n) is 4.11. The number of hydrogen-bond acceptors (Lipinski definition) is 4. The first-order chi connectivity index (χ1) is 12.4. The number of aryl methyl sites for hydroxylation is 2. The number of nitrogens with zero attached hydrogens (tertiary/aromatic N) is 1. The third-order valence-corrected chi connectivity index (χ3v) is 5.41. The van der Waals surface area contributed by atoms with Gasteiger partial charge in [0.05, 0.1) is 16.7 Å². The molecule has 134 valence electrons. The molecule has 0 spiro atoms. The van der Waals surface area contributed by atoms with Crippen LogP contribution in [0, 0.1) is 13.8 Å². The normalized spacial score (nSPS) is 16.0. The molecular formula is C21H21NO2S2. The fourth-order valence-electron chi connectivity index (χ4n) is 2.66. The predicted octanol–water partition coefficient (Wildman–Crippen LogP) is 5.50. The Morgan fingerprint density at radius 2 is 1.85 bits per heavy atom. The van der Waals surface area contributed by atoms with Gasteiger partial charge in [0.15, 0.2) is 4.32 Å². The van der Waals surface area contributed by atoms with Crippen LogP contribution in [0.2, 0.25) is 0 Å². The largest absolute Gasteiger partial charge is 0.490 e. The molecule has 0 atom stereocenters. The van der Waals surface area contributed by atoms with E-state index in [4.69, 9.17) is 17.0 Å². The molecule has 1 heterocycles. The highest BCUT2D eigenvalue weighted by atomic mass is 32.2. The van der Waals surface area contributed by atoms with Gasteiger partial charge in [0.1, 0.15) is 5.75 Å². The second-order valence-electron chi connectivity index (χ2n) is 6.49. The second kappa shape index (κ2) is 7.64. The fraction of sp³-hybridized carbons (Fsp3) is 0.238. The van der Waals surface area contributed by atoms with Crippen molar-refractivity contribution in [2.24, 2.45) is 0 Å². The van der Waals surface area contributed by atoms with Crippen LogP contribution in [0.25, 0.3) is 6.08 Å². The van der Waals surface area contributed by atoms with E-state index in [9.17, 15) is 4.79 Å². The molecule has 5 heteroatoms. The van der Waals surface area contributed by atoms with Gasteiger partial charge in [-0.3, -0.25) is 9.69 Å². The van der Waals surface area contributed by atoms with Crippen LogP contribution >= 0.6 is 24.0 Å². The van der Waals surface area contributed by atoms with E-state index in [1.54, 1.807) is 4.90 Å². The van der Waals surface area contributed by atoms with Gasteiger partial charge >= 0.3 is 0 Å². The lowest BCUT2D eigenvalue weighted by atomic mass is 10.1. The summed E-state index contributed by atoms with van der Waals surface area (Å²) in [6, 6.07) is 13.7. The van der Waals surface area contributed by atoms with E-state index in [-0.39, 0.29) is 12.0 Å². The van der Waals surface area contributed by atoms with Crippen LogP contribution in [-0.4, -0.2) is 16.3 Å². The van der Waals surface area contributed by atoms with Crippen molar-refractivity contribution in [1.29, 1.82) is 0 Å². The summed E-state index contributed by atoms with van der Waals surface area (Å²) in [4.78, 5) is 15.2. The monoisotopic (exact) mass is 383 g/mol. The number of thiocarbonyl (C=S) groups is 1. The number of rotatable bonds is 4. The average Bonchev–Trinajstić information content (AvgIpc) is 2.85. The zero-order chi connectivity index (χ0) is 18.8. The minimum atomic E-state index is -0.0948. The van der Waals surface area contributed by atoms with Crippen molar-refractivity contribution in [2.45, 2.75) is 33.8 Å². The molecule has 0 aromatic heterocycles. The van der Waals surface area contributed by atoms with Gasteiger partial charge < -0.3 is 4.74 Å². The minimum Gasteiger partial charge on any atom is -0.490 e. The predicted molar refractivity (Wildman–Crippen MR) is 114 cm³/mol. The lowest BCUT2D eigenvalue weighted by Gasteiger charge is -2.16. The molecule has 0 unspecified atom stereocenters. The molecule has 1 aliphatic heterocycles. The van der Waals surface area contributed by atoms with E-state index in [0.29, 0.717) is 9.23 Å². The first-order valence-corrected chi connectivity index (χ1v) is 9.70. The number of para-hydroxylation sites is 1. The van der Waals surface area contributed by atoms with Gasteiger partial charge in [0.2, 0.25) is 0 Å². The lowest BCUT2D eigenvalue weighted by molar-refractivity contribution is -0.113. The Balaban J connectivity index is 1.94. The van der Waals surface area contributed by atoms with E-state index in [0.717, 1.165) is 22.6 Å². The van der Waals surface area contributed by atoms with Gasteiger partial charge in [-0.15, -0.1) is 0 Å². The van der Waals surface area contributed by atoms with Gasteiger partial charge in [-0.25, -0.2) is 0 Å². The Morgan fingerprint density at radius 1 is 1.12 bits per heavy atom. The molecule has 3 nitrogen and oxygen atoms in total. The number of anilines is 1. The summed E-state index contributed by atoms with van der Waals surface area (Å²) < 4.78 is 6.39. The quantitative estimate of drug-likeness (QED) is 0.515. The van der Waals surface area contributed by atoms with Crippen molar-refractivity contribution in [1.82, 2.24) is 0 Å². The molecule has 1 fully saturated rings. The minimum absolute atomic E-state index is 0.0644. The smallest absolute Gasteiger partial charge is 0.270 e. The van der Waals surface area contributed by atoms with Crippen LogP contribution < -0.4 is 9.64 Å². The molecule has 3 rings (SSSR count). The topological polar surface area (TPSA) is 29.5 Å².